The number of phenols is 1. The molecular formula is C12H14N4O3. The maximum atomic E-state index is 11.7. The van der Waals surface area contributed by atoms with Gasteiger partial charge < -0.3 is 10.4 Å². The lowest BCUT2D eigenvalue weighted by Gasteiger charge is -2.21. The minimum atomic E-state index is -0.921. The predicted octanol–water partition coefficient (Wildman–Crippen LogP) is -1.07. The van der Waals surface area contributed by atoms with Crippen LogP contribution in [0.2, 0.25) is 0 Å². The van der Waals surface area contributed by atoms with Crippen LogP contribution in [0.15, 0.2) is 29.4 Å². The molecular weight excluding hydrogens is 248 g/mol. The van der Waals surface area contributed by atoms with E-state index in [9.17, 15) is 14.7 Å². The molecule has 1 heterocycles. The fourth-order valence-corrected chi connectivity index (χ4v) is 1.65. The Morgan fingerprint density at radius 3 is 3.05 bits per heavy atom. The summed E-state index contributed by atoms with van der Waals surface area (Å²) in [6.07, 6.45) is 1.39. The molecule has 0 radical (unpaired) electrons. The first kappa shape index (κ1) is 13.0. The second-order valence-corrected chi connectivity index (χ2v) is 4.01. The summed E-state index contributed by atoms with van der Waals surface area (Å²) in [6, 6.07) is 5.50. The normalized spacial score (nSPS) is 19.2. The van der Waals surface area contributed by atoms with Gasteiger partial charge in [0.2, 0.25) is 5.91 Å². The van der Waals surface area contributed by atoms with Crippen LogP contribution in [0.4, 0.5) is 0 Å². The van der Waals surface area contributed by atoms with Crippen molar-refractivity contribution in [3.8, 4) is 5.75 Å². The first-order chi connectivity index (χ1) is 9.16. The zero-order valence-electron chi connectivity index (χ0n) is 10.1. The molecule has 7 heteroatoms. The number of carbonyl (C=O) groups excluding carboxylic acids is 2. The highest BCUT2D eigenvalue weighted by Gasteiger charge is 2.28. The number of carbonyl (C=O) groups is 2. The van der Waals surface area contributed by atoms with Gasteiger partial charge in [0.25, 0.3) is 5.91 Å². The number of benzene rings is 1. The van der Waals surface area contributed by atoms with E-state index in [-0.39, 0.29) is 11.7 Å². The Labute approximate surface area is 109 Å². The topological polar surface area (TPSA) is 103 Å². The van der Waals surface area contributed by atoms with Crippen molar-refractivity contribution in [2.45, 2.75) is 6.04 Å². The average molecular weight is 262 g/mol. The van der Waals surface area contributed by atoms with Gasteiger partial charge in [-0.2, -0.15) is 5.10 Å². The maximum Gasteiger partial charge on any atom is 0.266 e. The van der Waals surface area contributed by atoms with Crippen molar-refractivity contribution in [1.29, 1.82) is 0 Å². The van der Waals surface area contributed by atoms with E-state index in [2.05, 4.69) is 21.2 Å². The molecule has 1 atom stereocenters. The molecule has 1 saturated heterocycles. The third kappa shape index (κ3) is 3.52. The zero-order chi connectivity index (χ0) is 13.7. The lowest BCUT2D eigenvalue weighted by Crippen LogP contribution is -2.58. The SMILES string of the molecule is O=C1NCCN[C@H]1C(=O)N/N=C\c1cccc(O)c1. The van der Waals surface area contributed by atoms with Crippen molar-refractivity contribution >= 4 is 18.0 Å². The molecule has 19 heavy (non-hydrogen) atoms. The van der Waals surface area contributed by atoms with E-state index in [0.29, 0.717) is 18.7 Å². The molecule has 1 aliphatic rings. The summed E-state index contributed by atoms with van der Waals surface area (Å²) in [5.41, 5.74) is 2.92. The first-order valence-corrected chi connectivity index (χ1v) is 5.80. The van der Waals surface area contributed by atoms with Gasteiger partial charge in [-0.3, -0.25) is 14.9 Å². The Balaban J connectivity index is 1.91. The lowest BCUT2D eigenvalue weighted by atomic mass is 10.2. The van der Waals surface area contributed by atoms with E-state index in [1.807, 2.05) is 0 Å². The average Bonchev–Trinajstić information content (AvgIpc) is 2.39. The number of hydrogen-bond acceptors (Lipinski definition) is 5. The Kier molecular flexibility index (Phi) is 4.09. The summed E-state index contributed by atoms with van der Waals surface area (Å²) < 4.78 is 0. The van der Waals surface area contributed by atoms with Crippen molar-refractivity contribution in [3.63, 3.8) is 0 Å². The summed E-state index contributed by atoms with van der Waals surface area (Å²) in [7, 11) is 0. The minimum absolute atomic E-state index is 0.114. The zero-order valence-corrected chi connectivity index (χ0v) is 10.1. The van der Waals surface area contributed by atoms with Gasteiger partial charge in [-0.25, -0.2) is 5.43 Å². The fourth-order valence-electron chi connectivity index (χ4n) is 1.65. The van der Waals surface area contributed by atoms with E-state index in [0.717, 1.165) is 0 Å². The van der Waals surface area contributed by atoms with Crippen LogP contribution in [0, 0.1) is 0 Å². The number of nitrogens with one attached hydrogen (secondary N) is 3. The van der Waals surface area contributed by atoms with Gasteiger partial charge in [0, 0.05) is 13.1 Å². The summed E-state index contributed by atoms with van der Waals surface area (Å²) in [5.74, 6) is -0.770. The number of hydrazone groups is 1. The van der Waals surface area contributed by atoms with Crippen molar-refractivity contribution in [3.05, 3.63) is 29.8 Å². The lowest BCUT2D eigenvalue weighted by molar-refractivity contribution is -0.133. The molecule has 1 aliphatic heterocycles. The van der Waals surface area contributed by atoms with Crippen LogP contribution in [0.1, 0.15) is 5.56 Å². The standard InChI is InChI=1S/C12H14N4O3/c17-9-3-1-2-8(6-9)7-15-16-12(19)10-11(18)14-5-4-13-10/h1-3,6-7,10,13,17H,4-5H2,(H,14,18)(H,16,19)/b15-7-/t10-/m1/s1. The van der Waals surface area contributed by atoms with Crippen LogP contribution in [0.3, 0.4) is 0 Å². The van der Waals surface area contributed by atoms with Crippen molar-refractivity contribution in [2.24, 2.45) is 5.10 Å². The molecule has 0 saturated carbocycles. The van der Waals surface area contributed by atoms with Crippen molar-refractivity contribution in [2.75, 3.05) is 13.1 Å². The van der Waals surface area contributed by atoms with E-state index >= 15 is 0 Å². The Morgan fingerprint density at radius 1 is 1.47 bits per heavy atom. The van der Waals surface area contributed by atoms with Gasteiger partial charge >= 0.3 is 0 Å². The molecule has 100 valence electrons. The molecule has 1 aromatic rings. The molecule has 0 bridgehead atoms. The molecule has 0 aliphatic carbocycles. The smallest absolute Gasteiger partial charge is 0.266 e. The molecule has 2 amide bonds. The third-order valence-corrected chi connectivity index (χ3v) is 2.56. The van der Waals surface area contributed by atoms with Gasteiger partial charge in [-0.15, -0.1) is 0 Å². The number of aromatic hydroxyl groups is 1. The molecule has 1 aromatic carbocycles. The maximum absolute atomic E-state index is 11.7. The summed E-state index contributed by atoms with van der Waals surface area (Å²) in [5, 5.41) is 18.4. The molecule has 0 unspecified atom stereocenters. The van der Waals surface area contributed by atoms with Crippen LogP contribution in [0.25, 0.3) is 0 Å². The highest BCUT2D eigenvalue weighted by Crippen LogP contribution is 2.08. The van der Waals surface area contributed by atoms with Gasteiger partial charge in [0.1, 0.15) is 5.75 Å². The summed E-state index contributed by atoms with van der Waals surface area (Å²) in [4.78, 5) is 23.1. The third-order valence-electron chi connectivity index (χ3n) is 2.56. The molecule has 0 aromatic heterocycles. The highest BCUT2D eigenvalue weighted by molar-refractivity contribution is 6.04. The fraction of sp³-hybridized carbons (Fsp3) is 0.250. The van der Waals surface area contributed by atoms with Crippen molar-refractivity contribution < 1.29 is 14.7 Å². The number of piperazine rings is 1. The molecule has 2 rings (SSSR count). The van der Waals surface area contributed by atoms with Crippen molar-refractivity contribution in [1.82, 2.24) is 16.1 Å². The number of amides is 2. The second-order valence-electron chi connectivity index (χ2n) is 4.01. The Bertz CT molecular complexity index is 515. The molecule has 1 fully saturated rings. The van der Waals surface area contributed by atoms with Crippen LogP contribution in [-0.4, -0.2) is 42.3 Å². The number of hydrogen-bond donors (Lipinski definition) is 4. The summed E-state index contributed by atoms with van der Waals surface area (Å²) in [6.45, 7) is 1.05. The summed E-state index contributed by atoms with van der Waals surface area (Å²) >= 11 is 0. The minimum Gasteiger partial charge on any atom is -0.508 e. The van der Waals surface area contributed by atoms with Gasteiger partial charge in [0.15, 0.2) is 6.04 Å². The quantitative estimate of drug-likeness (QED) is 0.316. The van der Waals surface area contributed by atoms with E-state index < -0.39 is 11.9 Å². The van der Waals surface area contributed by atoms with Crippen LogP contribution in [0.5, 0.6) is 5.75 Å². The van der Waals surface area contributed by atoms with E-state index in [4.69, 9.17) is 0 Å². The largest absolute Gasteiger partial charge is 0.508 e. The molecule has 7 nitrogen and oxygen atoms in total. The number of rotatable bonds is 3. The highest BCUT2D eigenvalue weighted by atomic mass is 16.3. The van der Waals surface area contributed by atoms with Gasteiger partial charge in [-0.1, -0.05) is 12.1 Å². The monoisotopic (exact) mass is 262 g/mol. The van der Waals surface area contributed by atoms with Crippen LogP contribution < -0.4 is 16.1 Å². The predicted molar refractivity (Wildman–Crippen MR) is 68.6 cm³/mol. The number of phenolic OH excluding ortho intramolecular Hbond substituents is 1. The Hall–Kier alpha value is -2.41. The van der Waals surface area contributed by atoms with Crippen LogP contribution >= 0.6 is 0 Å². The molecule has 4 N–H and O–H groups in total. The van der Waals surface area contributed by atoms with Crippen LogP contribution in [-0.2, 0) is 9.59 Å². The number of nitrogens with zero attached hydrogens (tertiary/aromatic N) is 1. The van der Waals surface area contributed by atoms with E-state index in [1.54, 1.807) is 12.1 Å². The first-order valence-electron chi connectivity index (χ1n) is 5.80. The molecule has 0 spiro atoms. The van der Waals surface area contributed by atoms with Gasteiger partial charge in [0.05, 0.1) is 6.21 Å². The second kappa shape index (κ2) is 5.96. The Morgan fingerprint density at radius 2 is 2.32 bits per heavy atom. The van der Waals surface area contributed by atoms with E-state index in [1.165, 1.54) is 18.3 Å². The van der Waals surface area contributed by atoms with Gasteiger partial charge in [-0.05, 0) is 17.7 Å².